The number of hydrogen-bond donors (Lipinski definition) is 1. The van der Waals surface area contributed by atoms with Crippen molar-refractivity contribution in [2.75, 3.05) is 25.6 Å². The van der Waals surface area contributed by atoms with Crippen LogP contribution in [0.1, 0.15) is 42.4 Å². The highest BCUT2D eigenvalue weighted by molar-refractivity contribution is 5.57. The maximum atomic E-state index is 6.04. The van der Waals surface area contributed by atoms with E-state index in [4.69, 9.17) is 23.9 Å². The van der Waals surface area contributed by atoms with E-state index in [1.165, 1.54) is 0 Å². The largest absolute Gasteiger partial charge is 0.497 e. The Morgan fingerprint density at radius 2 is 1.82 bits per heavy atom. The molecule has 1 aliphatic rings. The quantitative estimate of drug-likeness (QED) is 0.459. The number of benzene rings is 1. The molecule has 0 unspecified atom stereocenters. The van der Waals surface area contributed by atoms with Crippen molar-refractivity contribution in [1.29, 1.82) is 0 Å². The SMILES string of the molecule is CCc1nc(C)ccc1Nc1nc(CCC2OCCCO2)cc(OCc2ccc(OC)cc2)n1. The minimum Gasteiger partial charge on any atom is -0.497 e. The van der Waals surface area contributed by atoms with Crippen LogP contribution in [0.3, 0.4) is 0 Å². The maximum Gasteiger partial charge on any atom is 0.230 e. The number of aromatic nitrogens is 3. The van der Waals surface area contributed by atoms with Crippen LogP contribution >= 0.6 is 0 Å². The number of ether oxygens (including phenoxy) is 4. The molecular weight excluding hydrogens is 432 g/mol. The number of anilines is 2. The molecule has 2 aromatic heterocycles. The predicted molar refractivity (Wildman–Crippen MR) is 130 cm³/mol. The van der Waals surface area contributed by atoms with Gasteiger partial charge in [-0.2, -0.15) is 4.98 Å². The Morgan fingerprint density at radius 3 is 2.56 bits per heavy atom. The first-order valence-corrected chi connectivity index (χ1v) is 11.7. The van der Waals surface area contributed by atoms with Crippen LogP contribution in [0.25, 0.3) is 0 Å². The number of nitrogens with zero attached hydrogens (tertiary/aromatic N) is 3. The first kappa shape index (κ1) is 23.9. The van der Waals surface area contributed by atoms with Gasteiger partial charge in [0, 0.05) is 23.9 Å². The van der Waals surface area contributed by atoms with Gasteiger partial charge in [-0.15, -0.1) is 0 Å². The van der Waals surface area contributed by atoms with Gasteiger partial charge >= 0.3 is 0 Å². The lowest BCUT2D eigenvalue weighted by Gasteiger charge is -2.23. The number of aryl methyl sites for hydroxylation is 3. The molecule has 1 saturated heterocycles. The molecule has 0 radical (unpaired) electrons. The molecule has 8 nitrogen and oxygen atoms in total. The minimum absolute atomic E-state index is 0.197. The monoisotopic (exact) mass is 464 g/mol. The van der Waals surface area contributed by atoms with Crippen molar-refractivity contribution in [3.8, 4) is 11.6 Å². The molecule has 8 heteroatoms. The third kappa shape index (κ3) is 6.65. The third-order valence-corrected chi connectivity index (χ3v) is 5.53. The molecule has 3 aromatic rings. The predicted octanol–water partition coefficient (Wildman–Crippen LogP) is 4.77. The second-order valence-electron chi connectivity index (χ2n) is 8.15. The molecule has 1 N–H and O–H groups in total. The maximum absolute atomic E-state index is 6.04. The molecular formula is C26H32N4O4. The Hall–Kier alpha value is -3.23. The van der Waals surface area contributed by atoms with Crippen LogP contribution in [0.15, 0.2) is 42.5 Å². The third-order valence-electron chi connectivity index (χ3n) is 5.53. The van der Waals surface area contributed by atoms with Gasteiger partial charge in [-0.25, -0.2) is 4.98 Å². The van der Waals surface area contributed by atoms with Crippen LogP contribution in [-0.2, 0) is 28.9 Å². The van der Waals surface area contributed by atoms with Crippen LogP contribution in [0, 0.1) is 6.92 Å². The van der Waals surface area contributed by atoms with E-state index in [0.717, 1.165) is 66.6 Å². The Kier molecular flexibility index (Phi) is 8.27. The lowest BCUT2D eigenvalue weighted by atomic mass is 10.2. The van der Waals surface area contributed by atoms with Crippen molar-refractivity contribution >= 4 is 11.6 Å². The lowest BCUT2D eigenvalue weighted by molar-refractivity contribution is -0.180. The van der Waals surface area contributed by atoms with Crippen molar-refractivity contribution in [1.82, 2.24) is 15.0 Å². The summed E-state index contributed by atoms with van der Waals surface area (Å²) in [5.41, 5.74) is 4.73. The summed E-state index contributed by atoms with van der Waals surface area (Å²) in [6.45, 7) is 5.93. The summed E-state index contributed by atoms with van der Waals surface area (Å²) in [5, 5.41) is 3.34. The van der Waals surface area contributed by atoms with E-state index in [1.807, 2.05) is 49.4 Å². The van der Waals surface area contributed by atoms with Gasteiger partial charge in [-0.3, -0.25) is 4.98 Å². The molecule has 4 rings (SSSR count). The standard InChI is InChI=1S/C26H32N4O4/c1-4-22-23(12-6-18(2)27-22)29-26-28-20(9-13-25-32-14-5-15-33-25)16-24(30-26)34-17-19-7-10-21(31-3)11-8-19/h6-8,10-12,16,25H,4-5,9,13-15,17H2,1-3H3,(H,28,29,30). The van der Waals surface area contributed by atoms with Gasteiger partial charge in [0.15, 0.2) is 6.29 Å². The lowest BCUT2D eigenvalue weighted by Crippen LogP contribution is -2.25. The smallest absolute Gasteiger partial charge is 0.230 e. The molecule has 1 aromatic carbocycles. The fraction of sp³-hybridized carbons (Fsp3) is 0.423. The summed E-state index contributed by atoms with van der Waals surface area (Å²) < 4.78 is 22.7. The zero-order chi connectivity index (χ0) is 23.8. The Labute approximate surface area is 200 Å². The van der Waals surface area contributed by atoms with E-state index < -0.39 is 0 Å². The molecule has 34 heavy (non-hydrogen) atoms. The number of hydrogen-bond acceptors (Lipinski definition) is 8. The van der Waals surface area contributed by atoms with Crippen LogP contribution in [0.4, 0.5) is 11.6 Å². The van der Waals surface area contributed by atoms with Gasteiger partial charge in [-0.05, 0) is 56.0 Å². The zero-order valence-electron chi connectivity index (χ0n) is 20.0. The Bertz CT molecular complexity index is 1070. The molecule has 0 saturated carbocycles. The number of pyridine rings is 1. The fourth-order valence-corrected chi connectivity index (χ4v) is 3.69. The van der Waals surface area contributed by atoms with Gasteiger partial charge in [-0.1, -0.05) is 19.1 Å². The topological polar surface area (TPSA) is 87.6 Å². The van der Waals surface area contributed by atoms with Crippen LogP contribution in [0.2, 0.25) is 0 Å². The fourth-order valence-electron chi connectivity index (χ4n) is 3.69. The Balaban J connectivity index is 1.52. The summed E-state index contributed by atoms with van der Waals surface area (Å²) in [7, 11) is 1.65. The highest BCUT2D eigenvalue weighted by Crippen LogP contribution is 2.23. The van der Waals surface area contributed by atoms with Crippen molar-refractivity contribution in [2.45, 2.75) is 52.4 Å². The average Bonchev–Trinajstić information content (AvgIpc) is 2.88. The number of rotatable bonds is 10. The highest BCUT2D eigenvalue weighted by atomic mass is 16.7. The first-order chi connectivity index (χ1) is 16.6. The number of methoxy groups -OCH3 is 1. The van der Waals surface area contributed by atoms with Crippen LogP contribution in [0.5, 0.6) is 11.6 Å². The van der Waals surface area contributed by atoms with E-state index in [9.17, 15) is 0 Å². The Morgan fingerprint density at radius 1 is 1.03 bits per heavy atom. The summed E-state index contributed by atoms with van der Waals surface area (Å²) in [5.74, 6) is 1.80. The van der Waals surface area contributed by atoms with Gasteiger partial charge in [0.1, 0.15) is 12.4 Å². The van der Waals surface area contributed by atoms with E-state index in [0.29, 0.717) is 24.9 Å². The van der Waals surface area contributed by atoms with Gasteiger partial charge in [0.05, 0.1) is 31.7 Å². The van der Waals surface area contributed by atoms with E-state index in [-0.39, 0.29) is 6.29 Å². The molecule has 0 aliphatic carbocycles. The van der Waals surface area contributed by atoms with E-state index in [1.54, 1.807) is 7.11 Å². The normalized spacial score (nSPS) is 14.1. The van der Waals surface area contributed by atoms with Crippen molar-refractivity contribution < 1.29 is 18.9 Å². The van der Waals surface area contributed by atoms with Crippen molar-refractivity contribution in [3.63, 3.8) is 0 Å². The second-order valence-corrected chi connectivity index (χ2v) is 8.15. The van der Waals surface area contributed by atoms with E-state index >= 15 is 0 Å². The first-order valence-electron chi connectivity index (χ1n) is 11.7. The molecule has 0 amide bonds. The second kappa shape index (κ2) is 11.8. The van der Waals surface area contributed by atoms with Crippen molar-refractivity contribution in [3.05, 3.63) is 65.1 Å². The molecule has 1 aliphatic heterocycles. The van der Waals surface area contributed by atoms with Crippen LogP contribution < -0.4 is 14.8 Å². The molecule has 0 atom stereocenters. The zero-order valence-corrected chi connectivity index (χ0v) is 20.0. The molecule has 0 bridgehead atoms. The average molecular weight is 465 g/mol. The minimum atomic E-state index is -0.197. The van der Waals surface area contributed by atoms with Gasteiger partial charge in [0.2, 0.25) is 11.8 Å². The highest BCUT2D eigenvalue weighted by Gasteiger charge is 2.16. The molecule has 1 fully saturated rings. The van der Waals surface area contributed by atoms with Crippen LogP contribution in [-0.4, -0.2) is 41.6 Å². The summed E-state index contributed by atoms with van der Waals surface area (Å²) in [6, 6.07) is 13.6. The molecule has 0 spiro atoms. The van der Waals surface area contributed by atoms with Crippen molar-refractivity contribution in [2.24, 2.45) is 0 Å². The summed E-state index contributed by atoms with van der Waals surface area (Å²) >= 11 is 0. The molecule has 3 heterocycles. The summed E-state index contributed by atoms with van der Waals surface area (Å²) in [6.07, 6.45) is 2.96. The summed E-state index contributed by atoms with van der Waals surface area (Å²) in [4.78, 5) is 14.0. The van der Waals surface area contributed by atoms with Gasteiger partial charge < -0.3 is 24.3 Å². The number of nitrogens with one attached hydrogen (secondary N) is 1. The van der Waals surface area contributed by atoms with Gasteiger partial charge in [0.25, 0.3) is 0 Å². The molecule has 180 valence electrons. The van der Waals surface area contributed by atoms with E-state index in [2.05, 4.69) is 22.2 Å².